The van der Waals surface area contributed by atoms with Gasteiger partial charge in [-0.3, -0.25) is 14.4 Å². The molecule has 0 saturated carbocycles. The Balaban J connectivity index is 2.10. The van der Waals surface area contributed by atoms with Crippen LogP contribution in [0, 0.1) is 18.3 Å². The highest BCUT2D eigenvalue weighted by molar-refractivity contribution is 6.01. The van der Waals surface area contributed by atoms with Crippen LogP contribution in [0.5, 0.6) is 0 Å². The molecule has 0 bridgehead atoms. The largest absolute Gasteiger partial charge is 0.344 e. The number of hydrogen-bond donors (Lipinski definition) is 1. The summed E-state index contributed by atoms with van der Waals surface area (Å²) in [5.74, 6) is -1.18. The first-order valence-electron chi connectivity index (χ1n) is 11.3. The molecule has 0 aliphatic heterocycles. The highest BCUT2D eigenvalue weighted by Gasteiger charge is 2.34. The number of ketones is 1. The van der Waals surface area contributed by atoms with Gasteiger partial charge in [-0.25, -0.2) is 0 Å². The van der Waals surface area contributed by atoms with E-state index in [1.807, 2.05) is 89.2 Å². The Morgan fingerprint density at radius 3 is 2.12 bits per heavy atom. The van der Waals surface area contributed by atoms with Crippen LogP contribution in [0.25, 0.3) is 5.57 Å². The number of anilines is 1. The van der Waals surface area contributed by atoms with Crippen LogP contribution in [0.1, 0.15) is 52.2 Å². The van der Waals surface area contributed by atoms with Crippen molar-refractivity contribution in [1.82, 2.24) is 5.32 Å². The summed E-state index contributed by atoms with van der Waals surface area (Å²) < 4.78 is 0. The van der Waals surface area contributed by atoms with Gasteiger partial charge in [-0.05, 0) is 55.5 Å². The lowest BCUT2D eigenvalue weighted by atomic mass is 9.77. The van der Waals surface area contributed by atoms with Crippen LogP contribution in [-0.2, 0) is 14.4 Å². The zero-order chi connectivity index (χ0) is 24.8. The highest BCUT2D eigenvalue weighted by Crippen LogP contribution is 2.30. The second kappa shape index (κ2) is 11.1. The summed E-state index contributed by atoms with van der Waals surface area (Å²) in [5, 5.41) is 2.83. The number of carbonyl (C=O) groups is 3. The summed E-state index contributed by atoms with van der Waals surface area (Å²) in [5.41, 5.74) is 3.31. The maximum Gasteiger partial charge on any atom is 0.249 e. The van der Waals surface area contributed by atoms with E-state index < -0.39 is 17.4 Å². The van der Waals surface area contributed by atoms with Crippen molar-refractivity contribution in [2.24, 2.45) is 11.3 Å². The first kappa shape index (κ1) is 26.0. The molecule has 0 heterocycles. The number of amides is 2. The fourth-order valence-corrected chi connectivity index (χ4v) is 3.64. The van der Waals surface area contributed by atoms with E-state index in [0.29, 0.717) is 0 Å². The molecule has 176 valence electrons. The van der Waals surface area contributed by atoms with Crippen LogP contribution in [0.4, 0.5) is 5.69 Å². The van der Waals surface area contributed by atoms with E-state index in [1.54, 1.807) is 20.0 Å². The summed E-state index contributed by atoms with van der Waals surface area (Å²) in [7, 11) is 1.68. The van der Waals surface area contributed by atoms with Crippen LogP contribution in [-0.4, -0.2) is 30.7 Å². The molecule has 0 aromatic heterocycles. The normalized spacial score (nSPS) is 13.7. The molecule has 5 nitrogen and oxygen atoms in total. The van der Waals surface area contributed by atoms with Crippen molar-refractivity contribution in [3.8, 4) is 0 Å². The van der Waals surface area contributed by atoms with Gasteiger partial charge in [0.1, 0.15) is 6.04 Å². The van der Waals surface area contributed by atoms with Crippen LogP contribution in [0.2, 0.25) is 0 Å². The third-order valence-electron chi connectivity index (χ3n) is 5.85. The summed E-state index contributed by atoms with van der Waals surface area (Å²) in [6, 6.07) is 16.5. The van der Waals surface area contributed by atoms with E-state index in [4.69, 9.17) is 0 Å². The fourth-order valence-electron chi connectivity index (χ4n) is 3.64. The molecule has 0 aliphatic rings. The molecular weight excluding hydrogens is 412 g/mol. The van der Waals surface area contributed by atoms with E-state index in [9.17, 15) is 14.4 Å². The number of nitrogens with zero attached hydrogens (tertiary/aromatic N) is 1. The quantitative estimate of drug-likeness (QED) is 0.565. The van der Waals surface area contributed by atoms with E-state index in [2.05, 4.69) is 5.32 Å². The Bertz CT molecular complexity index is 1000. The molecule has 2 atom stereocenters. The van der Waals surface area contributed by atoms with Crippen molar-refractivity contribution in [2.45, 2.75) is 54.0 Å². The first-order chi connectivity index (χ1) is 15.4. The lowest BCUT2D eigenvalue weighted by molar-refractivity contribution is -0.134. The SMILES string of the molecule is C/C(=C\C(=O)CC(C(=O)N[C@@H](C)C(=O)N(C)c1ccccc1)C(C)(C)C)c1ccc(C)cc1. The van der Waals surface area contributed by atoms with Crippen LogP contribution >= 0.6 is 0 Å². The third-order valence-corrected chi connectivity index (χ3v) is 5.85. The number of nitrogens with one attached hydrogen (secondary N) is 1. The summed E-state index contributed by atoms with van der Waals surface area (Å²) in [6.07, 6.45) is 1.68. The second-order valence-electron chi connectivity index (χ2n) is 9.75. The predicted molar refractivity (Wildman–Crippen MR) is 135 cm³/mol. The van der Waals surface area contributed by atoms with Crippen molar-refractivity contribution in [3.05, 3.63) is 71.8 Å². The number of hydrogen-bond acceptors (Lipinski definition) is 3. The molecule has 0 aliphatic carbocycles. The van der Waals surface area contributed by atoms with Gasteiger partial charge < -0.3 is 10.2 Å². The zero-order valence-electron chi connectivity index (χ0n) is 20.8. The minimum Gasteiger partial charge on any atom is -0.344 e. The molecule has 0 saturated heterocycles. The first-order valence-corrected chi connectivity index (χ1v) is 11.3. The van der Waals surface area contributed by atoms with Crippen molar-refractivity contribution < 1.29 is 14.4 Å². The topological polar surface area (TPSA) is 66.5 Å². The van der Waals surface area contributed by atoms with Gasteiger partial charge in [-0.2, -0.15) is 0 Å². The third kappa shape index (κ3) is 7.41. The molecule has 33 heavy (non-hydrogen) atoms. The molecular formula is C28H36N2O3. The maximum absolute atomic E-state index is 13.1. The van der Waals surface area contributed by atoms with Crippen LogP contribution in [0.3, 0.4) is 0 Å². The molecule has 2 amide bonds. The zero-order valence-corrected chi connectivity index (χ0v) is 20.8. The number of carbonyl (C=O) groups excluding carboxylic acids is 3. The number of benzene rings is 2. The number of allylic oxidation sites excluding steroid dienone is 2. The molecule has 2 aromatic carbocycles. The standard InChI is InChI=1S/C28H36N2O3/c1-19-13-15-22(16-14-19)20(2)17-24(31)18-25(28(4,5)6)26(32)29-21(3)27(33)30(7)23-11-9-8-10-12-23/h8-17,21,25H,18H2,1-7H3,(H,29,32)/b20-17+/t21-,25?/m0/s1. The van der Waals surface area contributed by atoms with Gasteiger partial charge in [-0.15, -0.1) is 0 Å². The fraction of sp³-hybridized carbons (Fsp3) is 0.393. The summed E-state index contributed by atoms with van der Waals surface area (Å²) >= 11 is 0. The molecule has 2 rings (SSSR count). The second-order valence-corrected chi connectivity index (χ2v) is 9.75. The molecule has 0 radical (unpaired) electrons. The van der Waals surface area contributed by atoms with Gasteiger partial charge >= 0.3 is 0 Å². The van der Waals surface area contributed by atoms with Gasteiger partial charge in [-0.1, -0.05) is 68.8 Å². The molecule has 0 spiro atoms. The predicted octanol–water partition coefficient (Wildman–Crippen LogP) is 5.19. The minimum atomic E-state index is -0.715. The van der Waals surface area contributed by atoms with Gasteiger partial charge in [0.15, 0.2) is 5.78 Å². The average molecular weight is 449 g/mol. The van der Waals surface area contributed by atoms with Crippen molar-refractivity contribution in [1.29, 1.82) is 0 Å². The Morgan fingerprint density at radius 1 is 1.00 bits per heavy atom. The Morgan fingerprint density at radius 2 is 1.58 bits per heavy atom. The van der Waals surface area contributed by atoms with E-state index in [-0.39, 0.29) is 24.0 Å². The van der Waals surface area contributed by atoms with Crippen molar-refractivity contribution >= 4 is 28.9 Å². The number of likely N-dealkylation sites (N-methyl/N-ethyl adjacent to an activating group) is 1. The monoisotopic (exact) mass is 448 g/mol. The Labute approximate surface area is 197 Å². The Hall–Kier alpha value is -3.21. The molecule has 1 unspecified atom stereocenters. The highest BCUT2D eigenvalue weighted by atomic mass is 16.2. The summed E-state index contributed by atoms with van der Waals surface area (Å²) in [6.45, 7) is 11.4. The number of rotatable bonds is 8. The summed E-state index contributed by atoms with van der Waals surface area (Å²) in [4.78, 5) is 40.3. The lowest BCUT2D eigenvalue weighted by Crippen LogP contribution is -2.49. The van der Waals surface area contributed by atoms with Crippen LogP contribution < -0.4 is 10.2 Å². The van der Waals surface area contributed by atoms with E-state index in [0.717, 1.165) is 22.4 Å². The smallest absolute Gasteiger partial charge is 0.249 e. The van der Waals surface area contributed by atoms with Gasteiger partial charge in [0, 0.05) is 25.1 Å². The average Bonchev–Trinajstić information content (AvgIpc) is 2.76. The van der Waals surface area contributed by atoms with E-state index >= 15 is 0 Å². The molecule has 0 fully saturated rings. The number of para-hydroxylation sites is 1. The van der Waals surface area contributed by atoms with Gasteiger partial charge in [0.2, 0.25) is 11.8 Å². The minimum absolute atomic E-state index is 0.0774. The van der Waals surface area contributed by atoms with Crippen molar-refractivity contribution in [2.75, 3.05) is 11.9 Å². The van der Waals surface area contributed by atoms with Crippen LogP contribution in [0.15, 0.2) is 60.7 Å². The van der Waals surface area contributed by atoms with E-state index in [1.165, 1.54) is 4.90 Å². The molecule has 2 aromatic rings. The lowest BCUT2D eigenvalue weighted by Gasteiger charge is -2.31. The number of aryl methyl sites for hydroxylation is 1. The van der Waals surface area contributed by atoms with Gasteiger partial charge in [0.25, 0.3) is 0 Å². The Kier molecular flexibility index (Phi) is 8.75. The van der Waals surface area contributed by atoms with Crippen molar-refractivity contribution in [3.63, 3.8) is 0 Å². The maximum atomic E-state index is 13.1. The van der Waals surface area contributed by atoms with Gasteiger partial charge in [0.05, 0.1) is 0 Å². The molecule has 1 N–H and O–H groups in total. The molecule has 5 heteroatoms.